The van der Waals surface area contributed by atoms with Gasteiger partial charge in [0.2, 0.25) is 5.71 Å². The number of benzene rings is 3. The minimum absolute atomic E-state index is 0.659. The van der Waals surface area contributed by atoms with Gasteiger partial charge in [-0.15, -0.1) is 0 Å². The van der Waals surface area contributed by atoms with Crippen LogP contribution in [0, 0.1) is 0 Å². The molecule has 0 bridgehead atoms. The molecule has 3 aromatic heterocycles. The van der Waals surface area contributed by atoms with Crippen LogP contribution in [0.15, 0.2) is 89.5 Å². The number of hydrogen-bond donors (Lipinski definition) is 0. The van der Waals surface area contributed by atoms with Crippen LogP contribution in [-0.2, 0) is 0 Å². The van der Waals surface area contributed by atoms with Crippen molar-refractivity contribution in [3.8, 4) is 11.3 Å². The van der Waals surface area contributed by atoms with Gasteiger partial charge in [-0.1, -0.05) is 48.5 Å². The summed E-state index contributed by atoms with van der Waals surface area (Å²) < 4.78 is 6.07. The first-order valence-corrected chi connectivity index (χ1v) is 8.94. The smallest absolute Gasteiger partial charge is 0.227 e. The normalized spacial score (nSPS) is 11.7. The lowest BCUT2D eigenvalue weighted by Gasteiger charge is -2.06. The second-order valence-corrected chi connectivity index (χ2v) is 6.69. The highest BCUT2D eigenvalue weighted by Gasteiger charge is 2.13. The van der Waals surface area contributed by atoms with E-state index >= 15 is 0 Å². The zero-order valence-electron chi connectivity index (χ0n) is 14.4. The number of nitrogens with zero attached hydrogens (tertiary/aromatic N) is 2. The fourth-order valence-corrected chi connectivity index (χ4v) is 3.87. The molecular formula is C24H14N2O. The Kier molecular flexibility index (Phi) is 2.88. The van der Waals surface area contributed by atoms with E-state index in [0.717, 1.165) is 38.5 Å². The number of hydrogen-bond acceptors (Lipinski definition) is 3. The van der Waals surface area contributed by atoms with E-state index in [2.05, 4.69) is 65.6 Å². The second-order valence-electron chi connectivity index (χ2n) is 6.69. The predicted octanol–water partition coefficient (Wildman–Crippen LogP) is 6.35. The number of pyridine rings is 2. The van der Waals surface area contributed by atoms with Crippen molar-refractivity contribution in [2.24, 2.45) is 0 Å². The minimum Gasteiger partial charge on any atom is -0.437 e. The molecular weight excluding hydrogens is 332 g/mol. The molecule has 6 rings (SSSR count). The summed E-state index contributed by atoms with van der Waals surface area (Å²) in [6, 6.07) is 27.0. The zero-order chi connectivity index (χ0) is 17.8. The Bertz CT molecular complexity index is 1480. The van der Waals surface area contributed by atoms with Gasteiger partial charge in [-0.3, -0.25) is 0 Å². The molecule has 3 nitrogen and oxygen atoms in total. The van der Waals surface area contributed by atoms with Crippen molar-refractivity contribution >= 4 is 43.7 Å². The zero-order valence-corrected chi connectivity index (χ0v) is 14.4. The number of rotatable bonds is 1. The van der Waals surface area contributed by atoms with Crippen molar-refractivity contribution in [2.45, 2.75) is 0 Å². The summed E-state index contributed by atoms with van der Waals surface area (Å²) in [6.45, 7) is 0. The van der Waals surface area contributed by atoms with E-state index in [4.69, 9.17) is 9.40 Å². The molecule has 0 amide bonds. The molecule has 0 aliphatic rings. The first-order chi connectivity index (χ1) is 13.4. The third kappa shape index (κ3) is 2.09. The van der Waals surface area contributed by atoms with Crippen LogP contribution in [-0.4, -0.2) is 9.97 Å². The fourth-order valence-electron chi connectivity index (χ4n) is 3.87. The van der Waals surface area contributed by atoms with Crippen LogP contribution < -0.4 is 0 Å². The maximum atomic E-state index is 6.07. The van der Waals surface area contributed by atoms with Crippen LogP contribution in [0.5, 0.6) is 0 Å². The number of aromatic nitrogens is 2. The number of furan rings is 1. The van der Waals surface area contributed by atoms with E-state index in [1.165, 1.54) is 10.8 Å². The van der Waals surface area contributed by atoms with Gasteiger partial charge in [-0.2, -0.15) is 0 Å². The highest BCUT2D eigenvalue weighted by molar-refractivity contribution is 6.09. The second kappa shape index (κ2) is 5.39. The summed E-state index contributed by atoms with van der Waals surface area (Å²) in [5, 5.41) is 5.71. The molecule has 0 aliphatic heterocycles. The molecule has 3 heterocycles. The Morgan fingerprint density at radius 1 is 0.630 bits per heavy atom. The first kappa shape index (κ1) is 14.4. The van der Waals surface area contributed by atoms with Crippen molar-refractivity contribution in [2.75, 3.05) is 0 Å². The van der Waals surface area contributed by atoms with Gasteiger partial charge in [-0.25, -0.2) is 9.97 Å². The molecule has 0 radical (unpaired) electrons. The van der Waals surface area contributed by atoms with Crippen molar-refractivity contribution in [3.05, 3.63) is 85.1 Å². The lowest BCUT2D eigenvalue weighted by molar-refractivity contribution is 0.655. The summed E-state index contributed by atoms with van der Waals surface area (Å²) in [5.74, 6) is 0. The van der Waals surface area contributed by atoms with Crippen molar-refractivity contribution < 1.29 is 4.42 Å². The third-order valence-corrected chi connectivity index (χ3v) is 5.15. The lowest BCUT2D eigenvalue weighted by Crippen LogP contribution is -1.87. The van der Waals surface area contributed by atoms with E-state index in [0.29, 0.717) is 5.71 Å². The molecule has 0 aliphatic carbocycles. The van der Waals surface area contributed by atoms with Gasteiger partial charge < -0.3 is 4.42 Å². The Hall–Kier alpha value is -3.72. The Morgan fingerprint density at radius 2 is 1.52 bits per heavy atom. The number of para-hydroxylation sites is 1. The summed E-state index contributed by atoms with van der Waals surface area (Å²) in [5.41, 5.74) is 4.37. The van der Waals surface area contributed by atoms with Gasteiger partial charge in [-0.05, 0) is 41.1 Å². The molecule has 3 heteroatoms. The van der Waals surface area contributed by atoms with Crippen molar-refractivity contribution in [1.82, 2.24) is 9.97 Å². The summed E-state index contributed by atoms with van der Waals surface area (Å²) in [6.07, 6.45) is 1.75. The Balaban J connectivity index is 1.64. The van der Waals surface area contributed by atoms with Gasteiger partial charge in [0.05, 0.1) is 11.2 Å². The van der Waals surface area contributed by atoms with Gasteiger partial charge >= 0.3 is 0 Å². The van der Waals surface area contributed by atoms with E-state index in [1.54, 1.807) is 6.20 Å². The fraction of sp³-hybridized carbons (Fsp3) is 0. The molecule has 0 N–H and O–H groups in total. The summed E-state index contributed by atoms with van der Waals surface area (Å²) >= 11 is 0. The van der Waals surface area contributed by atoms with E-state index in [1.807, 2.05) is 18.2 Å². The van der Waals surface area contributed by atoms with Gasteiger partial charge in [0, 0.05) is 27.9 Å². The topological polar surface area (TPSA) is 38.9 Å². The average Bonchev–Trinajstić information content (AvgIpc) is 3.12. The summed E-state index contributed by atoms with van der Waals surface area (Å²) in [4.78, 5) is 9.29. The summed E-state index contributed by atoms with van der Waals surface area (Å²) in [7, 11) is 0. The van der Waals surface area contributed by atoms with E-state index < -0.39 is 0 Å². The quantitative estimate of drug-likeness (QED) is 0.326. The molecule has 126 valence electrons. The average molecular weight is 346 g/mol. The standard InChI is InChI=1S/C24H14N2O/c1-2-6-16-15(5-1)10-12-21-17(16)11-13-22(26-21)20-8-3-7-18-19-9-4-14-25-24(19)27-23(18)20/h1-14H. The Morgan fingerprint density at radius 3 is 2.52 bits per heavy atom. The highest BCUT2D eigenvalue weighted by atomic mass is 16.3. The van der Waals surface area contributed by atoms with Crippen LogP contribution in [0.4, 0.5) is 0 Å². The largest absolute Gasteiger partial charge is 0.437 e. The monoisotopic (exact) mass is 346 g/mol. The van der Waals surface area contributed by atoms with Crippen molar-refractivity contribution in [3.63, 3.8) is 0 Å². The molecule has 3 aromatic carbocycles. The highest BCUT2D eigenvalue weighted by Crippen LogP contribution is 2.35. The Labute approximate surface area is 154 Å². The molecule has 0 spiro atoms. The van der Waals surface area contributed by atoms with E-state index in [9.17, 15) is 0 Å². The SMILES string of the molecule is c1ccc2c(c1)ccc1nc(-c3cccc4c3oc3ncccc34)ccc12. The molecule has 27 heavy (non-hydrogen) atoms. The lowest BCUT2D eigenvalue weighted by atomic mass is 10.0. The van der Waals surface area contributed by atoms with Crippen LogP contribution in [0.2, 0.25) is 0 Å². The molecule has 0 atom stereocenters. The van der Waals surface area contributed by atoms with Gasteiger partial charge in [0.15, 0.2) is 0 Å². The molecule has 0 saturated carbocycles. The van der Waals surface area contributed by atoms with Crippen LogP contribution in [0.3, 0.4) is 0 Å². The van der Waals surface area contributed by atoms with Crippen LogP contribution >= 0.6 is 0 Å². The third-order valence-electron chi connectivity index (χ3n) is 5.15. The van der Waals surface area contributed by atoms with Gasteiger partial charge in [0.1, 0.15) is 5.58 Å². The maximum Gasteiger partial charge on any atom is 0.227 e. The van der Waals surface area contributed by atoms with E-state index in [-0.39, 0.29) is 0 Å². The van der Waals surface area contributed by atoms with Crippen LogP contribution in [0.25, 0.3) is 55.0 Å². The molecule has 0 unspecified atom stereocenters. The van der Waals surface area contributed by atoms with Crippen molar-refractivity contribution in [1.29, 1.82) is 0 Å². The first-order valence-electron chi connectivity index (χ1n) is 8.94. The maximum absolute atomic E-state index is 6.07. The predicted molar refractivity (Wildman–Crippen MR) is 110 cm³/mol. The molecule has 0 saturated heterocycles. The van der Waals surface area contributed by atoms with Crippen LogP contribution in [0.1, 0.15) is 0 Å². The van der Waals surface area contributed by atoms with Gasteiger partial charge in [0.25, 0.3) is 0 Å². The molecule has 0 fully saturated rings. The minimum atomic E-state index is 0.659. The number of fused-ring (bicyclic) bond motifs is 6. The molecule has 6 aromatic rings.